The minimum atomic E-state index is -1.42. The molecule has 2 fully saturated rings. The third-order valence-corrected chi connectivity index (χ3v) is 10.3. The molecule has 1 aliphatic heterocycles. The van der Waals surface area contributed by atoms with E-state index >= 15 is 0 Å². The van der Waals surface area contributed by atoms with Crippen molar-refractivity contribution in [3.05, 3.63) is 113 Å². The molecule has 3 aromatic carbocycles. The molecule has 1 saturated heterocycles. The molecule has 6 unspecified atom stereocenters. The van der Waals surface area contributed by atoms with Crippen LogP contribution in [0.15, 0.2) is 96.6 Å². The topological polar surface area (TPSA) is 127 Å². The number of allylic oxidation sites excluding steroid dienone is 4. The summed E-state index contributed by atoms with van der Waals surface area (Å²) in [4.78, 5) is 70.3. The van der Waals surface area contributed by atoms with Crippen molar-refractivity contribution in [2.75, 3.05) is 14.2 Å². The van der Waals surface area contributed by atoms with Gasteiger partial charge >= 0.3 is 6.09 Å². The number of hydrogen-bond acceptors (Lipinski definition) is 8. The molecule has 9 nitrogen and oxygen atoms in total. The maximum absolute atomic E-state index is 15.0. The first-order valence-electron chi connectivity index (χ1n) is 15.2. The molecule has 7 rings (SSSR count). The zero-order valence-electron chi connectivity index (χ0n) is 25.2. The number of ketones is 2. The van der Waals surface area contributed by atoms with Crippen LogP contribution in [0.5, 0.6) is 11.5 Å². The second kappa shape index (κ2) is 10.9. The number of fused-ring (bicyclic) bond motifs is 4. The number of phenols is 1. The van der Waals surface area contributed by atoms with E-state index in [4.69, 9.17) is 9.47 Å². The summed E-state index contributed by atoms with van der Waals surface area (Å²) in [6.07, 6.45) is 2.58. The van der Waals surface area contributed by atoms with Gasteiger partial charge in [0.1, 0.15) is 0 Å². The van der Waals surface area contributed by atoms with Crippen molar-refractivity contribution in [1.82, 2.24) is 4.90 Å². The van der Waals surface area contributed by atoms with Crippen LogP contribution in [0.25, 0.3) is 5.57 Å². The zero-order valence-corrected chi connectivity index (χ0v) is 25.2. The normalized spacial score (nSPS) is 28.5. The third kappa shape index (κ3) is 4.04. The van der Waals surface area contributed by atoms with Crippen molar-refractivity contribution in [2.24, 2.45) is 23.7 Å². The fourth-order valence-corrected chi connectivity index (χ4v) is 8.39. The van der Waals surface area contributed by atoms with E-state index < -0.39 is 52.9 Å². The highest BCUT2D eigenvalue weighted by molar-refractivity contribution is 6.31. The van der Waals surface area contributed by atoms with Gasteiger partial charge in [-0.3, -0.25) is 19.2 Å². The van der Waals surface area contributed by atoms with Gasteiger partial charge in [0.25, 0.3) is 0 Å². The van der Waals surface area contributed by atoms with Crippen LogP contribution in [0.3, 0.4) is 0 Å². The number of hydrogen-bond donors (Lipinski definition) is 1. The lowest BCUT2D eigenvalue weighted by Crippen LogP contribution is -2.58. The summed E-state index contributed by atoms with van der Waals surface area (Å²) in [6.45, 7) is 0. The van der Waals surface area contributed by atoms with Gasteiger partial charge in [-0.15, -0.1) is 0 Å². The summed E-state index contributed by atoms with van der Waals surface area (Å²) in [5.41, 5.74) is 1.47. The quantitative estimate of drug-likeness (QED) is 0.321. The smallest absolute Gasteiger partial charge is 0.423 e. The maximum atomic E-state index is 15.0. The molecule has 6 atom stereocenters. The van der Waals surface area contributed by atoms with E-state index in [0.717, 1.165) is 12.7 Å². The summed E-state index contributed by atoms with van der Waals surface area (Å²) in [5, 5.41) is 10.5. The second-order valence-electron chi connectivity index (χ2n) is 12.2. The van der Waals surface area contributed by atoms with Gasteiger partial charge in [0.15, 0.2) is 23.1 Å². The van der Waals surface area contributed by atoms with E-state index in [0.29, 0.717) is 21.6 Å². The first-order chi connectivity index (χ1) is 22.2. The molecule has 0 bridgehead atoms. The monoisotopic (exact) mass is 617 g/mol. The highest BCUT2D eigenvalue weighted by Gasteiger charge is 2.66. The van der Waals surface area contributed by atoms with E-state index in [1.54, 1.807) is 36.4 Å². The van der Waals surface area contributed by atoms with Gasteiger partial charge in [-0.2, -0.15) is 4.90 Å². The van der Waals surface area contributed by atoms with Crippen LogP contribution in [0.2, 0.25) is 0 Å². The van der Waals surface area contributed by atoms with Gasteiger partial charge in [-0.1, -0.05) is 78.4 Å². The number of carbonyl (C=O) groups excluding carboxylic acids is 5. The van der Waals surface area contributed by atoms with E-state index in [2.05, 4.69) is 0 Å². The summed E-state index contributed by atoms with van der Waals surface area (Å²) in [7, 11) is 2.54. The summed E-state index contributed by atoms with van der Waals surface area (Å²) in [6, 6.07) is 23.0. The number of rotatable bonds is 4. The molecule has 0 aromatic heterocycles. The van der Waals surface area contributed by atoms with Crippen LogP contribution >= 0.6 is 0 Å². The highest BCUT2D eigenvalue weighted by atomic mass is 16.5. The average molecular weight is 618 g/mol. The Hall–Kier alpha value is -5.31. The number of amides is 3. The molecule has 1 heterocycles. The van der Waals surface area contributed by atoms with Gasteiger partial charge in [-0.05, 0) is 53.7 Å². The minimum Gasteiger partial charge on any atom is -0.504 e. The molecule has 3 aromatic rings. The Morgan fingerprint density at radius 2 is 1.59 bits per heavy atom. The average Bonchev–Trinajstić information content (AvgIpc) is 3.35. The van der Waals surface area contributed by atoms with Crippen LogP contribution in [0.4, 0.5) is 4.79 Å². The van der Waals surface area contributed by atoms with Gasteiger partial charge in [0, 0.05) is 17.4 Å². The standard InChI is InChI=1S/C37H31NO8/c1-45-29-17-21(13-16-28(29)39)32-23-14-15-24-31(35(43)38(34(24)42)36(44)46-2)26(23)18-27-33(41)25(20-9-5-3-6-10-20)19-30(40)37(27,32)22-11-7-4-8-12-22/h3-14,16-17,19,24,26-27,31-32,39H,15,18H2,1-2H3. The Labute approximate surface area is 265 Å². The number of carbonyl (C=O) groups is 5. The van der Waals surface area contributed by atoms with Crippen LogP contribution < -0.4 is 4.74 Å². The molecule has 9 heteroatoms. The summed E-state index contributed by atoms with van der Waals surface area (Å²) in [5.74, 6) is -5.76. The minimum absolute atomic E-state index is 0.0933. The Morgan fingerprint density at radius 3 is 2.26 bits per heavy atom. The molecule has 1 saturated carbocycles. The highest BCUT2D eigenvalue weighted by Crippen LogP contribution is 2.64. The summed E-state index contributed by atoms with van der Waals surface area (Å²) < 4.78 is 10.3. The molecule has 4 aliphatic rings. The molecule has 3 aliphatic carbocycles. The van der Waals surface area contributed by atoms with E-state index in [-0.39, 0.29) is 41.5 Å². The zero-order chi connectivity index (χ0) is 32.3. The number of phenolic OH excluding ortho intramolecular Hbond substituents is 1. The Balaban J connectivity index is 1.51. The number of aromatic hydroxyl groups is 1. The van der Waals surface area contributed by atoms with Crippen molar-refractivity contribution in [1.29, 1.82) is 0 Å². The van der Waals surface area contributed by atoms with Crippen LogP contribution in [-0.4, -0.2) is 53.7 Å². The Bertz CT molecular complexity index is 1860. The second-order valence-corrected chi connectivity index (χ2v) is 12.2. The van der Waals surface area contributed by atoms with Crippen molar-refractivity contribution in [3.63, 3.8) is 0 Å². The number of benzene rings is 3. The predicted molar refractivity (Wildman–Crippen MR) is 165 cm³/mol. The lowest BCUT2D eigenvalue weighted by atomic mass is 9.44. The molecular weight excluding hydrogens is 586 g/mol. The number of imide groups is 3. The van der Waals surface area contributed by atoms with Crippen molar-refractivity contribution in [3.8, 4) is 11.5 Å². The number of likely N-dealkylation sites (tertiary alicyclic amines) is 1. The molecule has 3 amide bonds. The van der Waals surface area contributed by atoms with E-state index in [9.17, 15) is 29.1 Å². The van der Waals surface area contributed by atoms with Crippen LogP contribution in [0, 0.1) is 23.7 Å². The number of ether oxygens (including phenoxy) is 2. The number of Topliss-reactive ketones (excluding diaryl/α,β-unsaturated/α-hetero) is 1. The van der Waals surface area contributed by atoms with Gasteiger partial charge in [-0.25, -0.2) is 4.79 Å². The third-order valence-electron chi connectivity index (χ3n) is 10.3. The van der Waals surface area contributed by atoms with Gasteiger partial charge < -0.3 is 14.6 Å². The summed E-state index contributed by atoms with van der Waals surface area (Å²) >= 11 is 0. The maximum Gasteiger partial charge on any atom is 0.423 e. The molecule has 1 N–H and O–H groups in total. The van der Waals surface area contributed by atoms with Crippen molar-refractivity contribution < 1.29 is 38.6 Å². The van der Waals surface area contributed by atoms with Crippen molar-refractivity contribution in [2.45, 2.75) is 24.2 Å². The van der Waals surface area contributed by atoms with Gasteiger partial charge in [0.2, 0.25) is 11.8 Å². The van der Waals surface area contributed by atoms with Crippen molar-refractivity contribution >= 4 is 35.0 Å². The molecule has 46 heavy (non-hydrogen) atoms. The lowest BCUT2D eigenvalue weighted by molar-refractivity contribution is -0.138. The largest absolute Gasteiger partial charge is 0.504 e. The van der Waals surface area contributed by atoms with Crippen LogP contribution in [-0.2, 0) is 29.3 Å². The first kappa shape index (κ1) is 29.4. The molecular formula is C37H31NO8. The fourth-order valence-electron chi connectivity index (χ4n) is 8.39. The Kier molecular flexibility index (Phi) is 6.99. The number of nitrogens with zero attached hydrogens (tertiary/aromatic N) is 1. The van der Waals surface area contributed by atoms with Gasteiger partial charge in [0.05, 0.1) is 31.5 Å². The fraction of sp³-hybridized carbons (Fsp3) is 0.270. The SMILES string of the molecule is COC(=O)N1C(=O)C2CC=C3C(CC4C(=O)C(c5ccccc5)=CC(=O)C4(c4ccccc4)C3c3ccc(O)c(OC)c3)C2C1=O. The molecule has 0 spiro atoms. The molecule has 232 valence electrons. The Morgan fingerprint density at radius 1 is 0.891 bits per heavy atom. The predicted octanol–water partition coefficient (Wildman–Crippen LogP) is 4.99. The lowest BCUT2D eigenvalue weighted by Gasteiger charge is -2.55. The number of methoxy groups -OCH3 is 2. The van der Waals surface area contributed by atoms with E-state index in [1.807, 2.05) is 42.5 Å². The first-order valence-corrected chi connectivity index (χ1v) is 15.2. The van der Waals surface area contributed by atoms with E-state index in [1.165, 1.54) is 19.3 Å². The van der Waals surface area contributed by atoms with Crippen LogP contribution in [0.1, 0.15) is 35.4 Å². The molecule has 0 radical (unpaired) electrons.